The number of nitrogens with zero attached hydrogens (tertiary/aromatic N) is 2. The quantitative estimate of drug-likeness (QED) is 0.541. The van der Waals surface area contributed by atoms with Crippen molar-refractivity contribution in [2.75, 3.05) is 0 Å². The maximum absolute atomic E-state index is 8.43. The summed E-state index contributed by atoms with van der Waals surface area (Å²) < 4.78 is 0. The van der Waals surface area contributed by atoms with Gasteiger partial charge < -0.3 is 0 Å². The molecule has 2 unspecified atom stereocenters. The zero-order valence-corrected chi connectivity index (χ0v) is 6.26. The second-order valence-corrected chi connectivity index (χ2v) is 2.28. The average Bonchev–Trinajstić information content (AvgIpc) is 2.00. The van der Waals surface area contributed by atoms with Crippen molar-refractivity contribution in [2.45, 2.75) is 13.8 Å². The molecule has 0 amide bonds. The van der Waals surface area contributed by atoms with Crippen molar-refractivity contribution in [3.8, 4) is 12.1 Å². The molecule has 10 heavy (non-hydrogen) atoms. The van der Waals surface area contributed by atoms with Crippen LogP contribution in [0.5, 0.6) is 0 Å². The van der Waals surface area contributed by atoms with Gasteiger partial charge in [-0.15, -0.1) is 0 Å². The van der Waals surface area contributed by atoms with E-state index in [9.17, 15) is 0 Å². The fraction of sp³-hybridized carbons (Fsp3) is 0.500. The average molecular weight is 134 g/mol. The Labute approximate surface area is 61.4 Å². The Balaban J connectivity index is 4.15. The van der Waals surface area contributed by atoms with Gasteiger partial charge in [0.05, 0.1) is 24.0 Å². The molecule has 0 saturated carbocycles. The van der Waals surface area contributed by atoms with Gasteiger partial charge in [-0.25, -0.2) is 0 Å². The first-order valence-electron chi connectivity index (χ1n) is 3.11. The first-order valence-corrected chi connectivity index (χ1v) is 3.11. The van der Waals surface area contributed by atoms with Crippen molar-refractivity contribution in [1.29, 1.82) is 10.5 Å². The van der Waals surface area contributed by atoms with Crippen molar-refractivity contribution < 1.29 is 0 Å². The van der Waals surface area contributed by atoms with Crippen molar-refractivity contribution in [3.05, 3.63) is 12.2 Å². The summed E-state index contributed by atoms with van der Waals surface area (Å²) in [6.45, 7) is 7.14. The topological polar surface area (TPSA) is 47.6 Å². The van der Waals surface area contributed by atoms with Crippen LogP contribution >= 0.6 is 0 Å². The summed E-state index contributed by atoms with van der Waals surface area (Å²) in [5, 5.41) is 16.9. The summed E-state index contributed by atoms with van der Waals surface area (Å²) in [6.07, 6.45) is 0. The highest BCUT2D eigenvalue weighted by Crippen LogP contribution is 2.15. The highest BCUT2D eigenvalue weighted by atomic mass is 14.3. The van der Waals surface area contributed by atoms with Gasteiger partial charge in [-0.1, -0.05) is 6.58 Å². The summed E-state index contributed by atoms with van der Waals surface area (Å²) in [5.41, 5.74) is 0.699. The predicted molar refractivity (Wildman–Crippen MR) is 38.7 cm³/mol. The lowest BCUT2D eigenvalue weighted by Gasteiger charge is -2.07. The van der Waals surface area contributed by atoms with Crippen LogP contribution < -0.4 is 0 Å². The minimum atomic E-state index is -0.213. The second kappa shape index (κ2) is 3.69. The van der Waals surface area contributed by atoms with E-state index in [2.05, 4.69) is 6.58 Å². The Morgan fingerprint density at radius 2 is 1.50 bits per heavy atom. The van der Waals surface area contributed by atoms with Gasteiger partial charge in [0.25, 0.3) is 0 Å². The van der Waals surface area contributed by atoms with Gasteiger partial charge in [0.15, 0.2) is 0 Å². The zero-order valence-electron chi connectivity index (χ0n) is 6.26. The Morgan fingerprint density at radius 3 is 1.70 bits per heavy atom. The van der Waals surface area contributed by atoms with E-state index in [4.69, 9.17) is 10.5 Å². The van der Waals surface area contributed by atoms with Crippen molar-refractivity contribution in [2.24, 2.45) is 11.8 Å². The molecule has 0 aromatic heterocycles. The molecule has 0 aliphatic heterocycles. The third kappa shape index (κ3) is 1.91. The van der Waals surface area contributed by atoms with E-state index in [-0.39, 0.29) is 11.8 Å². The fourth-order valence-electron chi connectivity index (χ4n) is 0.541. The van der Waals surface area contributed by atoms with E-state index >= 15 is 0 Å². The highest BCUT2D eigenvalue weighted by Gasteiger charge is 2.11. The number of rotatable bonds is 2. The van der Waals surface area contributed by atoms with Crippen LogP contribution in [0.25, 0.3) is 0 Å². The summed E-state index contributed by atoms with van der Waals surface area (Å²) in [4.78, 5) is 0. The lowest BCUT2D eigenvalue weighted by Crippen LogP contribution is -2.02. The molecule has 2 atom stereocenters. The molecular formula is C8H10N2. The van der Waals surface area contributed by atoms with Crippen molar-refractivity contribution in [1.82, 2.24) is 0 Å². The van der Waals surface area contributed by atoms with E-state index in [0.717, 1.165) is 0 Å². The minimum Gasteiger partial charge on any atom is -0.198 e. The standard InChI is InChI=1S/C8H10N2/c1-6(4-9)8(3)7(2)5-10/h6-7H,3H2,1-2H3. The molecule has 0 radical (unpaired) electrons. The molecule has 0 N–H and O–H groups in total. The number of hydrogen-bond acceptors (Lipinski definition) is 2. The Kier molecular flexibility index (Phi) is 3.22. The zero-order chi connectivity index (χ0) is 8.15. The Morgan fingerprint density at radius 1 is 1.20 bits per heavy atom. The first kappa shape index (κ1) is 8.72. The molecule has 2 nitrogen and oxygen atoms in total. The molecule has 0 bridgehead atoms. The van der Waals surface area contributed by atoms with Gasteiger partial charge in [-0.05, 0) is 19.4 Å². The predicted octanol–water partition coefficient (Wildman–Crippen LogP) is 1.86. The number of hydrogen-bond donors (Lipinski definition) is 0. The minimum absolute atomic E-state index is 0.213. The highest BCUT2D eigenvalue weighted by molar-refractivity contribution is 5.16. The van der Waals surface area contributed by atoms with E-state index in [0.29, 0.717) is 5.57 Å². The molecule has 0 aliphatic carbocycles. The molecule has 0 aromatic carbocycles. The van der Waals surface area contributed by atoms with Crippen molar-refractivity contribution >= 4 is 0 Å². The molecular weight excluding hydrogens is 124 g/mol. The summed E-state index contributed by atoms with van der Waals surface area (Å²) in [7, 11) is 0. The van der Waals surface area contributed by atoms with E-state index in [1.54, 1.807) is 13.8 Å². The van der Waals surface area contributed by atoms with Crippen LogP contribution in [0.3, 0.4) is 0 Å². The molecule has 2 heteroatoms. The molecule has 0 aliphatic rings. The summed E-state index contributed by atoms with van der Waals surface area (Å²) in [5.74, 6) is -0.427. The summed E-state index contributed by atoms with van der Waals surface area (Å²) in [6, 6.07) is 4.06. The SMILES string of the molecule is C=C(C(C)C#N)C(C)C#N. The lowest BCUT2D eigenvalue weighted by atomic mass is 9.94. The third-order valence-corrected chi connectivity index (χ3v) is 1.50. The Hall–Kier alpha value is -1.28. The van der Waals surface area contributed by atoms with Crippen LogP contribution in [-0.4, -0.2) is 0 Å². The molecule has 52 valence electrons. The maximum atomic E-state index is 8.43. The van der Waals surface area contributed by atoms with Crippen LogP contribution in [0.4, 0.5) is 0 Å². The van der Waals surface area contributed by atoms with Gasteiger partial charge in [0.2, 0.25) is 0 Å². The first-order chi connectivity index (χ1) is 4.63. The van der Waals surface area contributed by atoms with E-state index in [1.807, 2.05) is 12.1 Å². The van der Waals surface area contributed by atoms with Gasteiger partial charge in [0, 0.05) is 0 Å². The van der Waals surface area contributed by atoms with Gasteiger partial charge in [-0.3, -0.25) is 0 Å². The van der Waals surface area contributed by atoms with Gasteiger partial charge in [0.1, 0.15) is 0 Å². The van der Waals surface area contributed by atoms with E-state index in [1.165, 1.54) is 0 Å². The largest absolute Gasteiger partial charge is 0.198 e. The third-order valence-electron chi connectivity index (χ3n) is 1.50. The van der Waals surface area contributed by atoms with Gasteiger partial charge >= 0.3 is 0 Å². The monoisotopic (exact) mass is 134 g/mol. The van der Waals surface area contributed by atoms with E-state index < -0.39 is 0 Å². The molecule has 0 aromatic rings. The Bertz CT molecular complexity index is 182. The maximum Gasteiger partial charge on any atom is 0.0697 e. The second-order valence-electron chi connectivity index (χ2n) is 2.28. The molecule has 0 heterocycles. The lowest BCUT2D eigenvalue weighted by molar-refractivity contribution is 0.740. The molecule has 0 saturated heterocycles. The number of nitriles is 2. The number of allylic oxidation sites excluding steroid dienone is 1. The van der Waals surface area contributed by atoms with Crippen molar-refractivity contribution in [3.63, 3.8) is 0 Å². The van der Waals surface area contributed by atoms with Gasteiger partial charge in [-0.2, -0.15) is 10.5 Å². The summed E-state index contributed by atoms with van der Waals surface area (Å²) >= 11 is 0. The van der Waals surface area contributed by atoms with Crippen LogP contribution in [0.2, 0.25) is 0 Å². The fourth-order valence-corrected chi connectivity index (χ4v) is 0.541. The molecule has 0 fully saturated rings. The smallest absolute Gasteiger partial charge is 0.0697 e. The molecule has 0 rings (SSSR count). The van der Waals surface area contributed by atoms with Crippen LogP contribution in [0.15, 0.2) is 12.2 Å². The van der Waals surface area contributed by atoms with Crippen LogP contribution in [0, 0.1) is 34.5 Å². The van der Waals surface area contributed by atoms with Crippen LogP contribution in [0.1, 0.15) is 13.8 Å². The normalized spacial score (nSPS) is 14.4. The molecule has 0 spiro atoms. The van der Waals surface area contributed by atoms with Crippen LogP contribution in [-0.2, 0) is 0 Å².